The van der Waals surface area contributed by atoms with E-state index in [2.05, 4.69) is 10.6 Å². The van der Waals surface area contributed by atoms with Gasteiger partial charge in [-0.1, -0.05) is 42.8 Å². The molecule has 0 saturated heterocycles. The molecule has 1 heterocycles. The van der Waals surface area contributed by atoms with Crippen molar-refractivity contribution in [2.24, 2.45) is 0 Å². The van der Waals surface area contributed by atoms with Crippen LogP contribution in [0.2, 0.25) is 5.02 Å². The van der Waals surface area contributed by atoms with Crippen molar-refractivity contribution in [3.8, 4) is 5.75 Å². The molecule has 188 valence electrons. The number of fused-ring (bicyclic) bond motifs is 1. The van der Waals surface area contributed by atoms with E-state index in [1.807, 2.05) is 13.8 Å². The highest BCUT2D eigenvalue weighted by atomic mass is 35.5. The highest BCUT2D eigenvalue weighted by Crippen LogP contribution is 2.37. The molecule has 1 aliphatic heterocycles. The second-order valence-corrected chi connectivity index (χ2v) is 10.7. The number of hydrogen-bond donors (Lipinski definition) is 2. The second-order valence-electron chi connectivity index (χ2n) is 8.38. The van der Waals surface area contributed by atoms with Crippen molar-refractivity contribution < 1.29 is 22.7 Å². The smallest absolute Gasteiger partial charge is 0.267 e. The molecule has 4 rings (SSSR count). The van der Waals surface area contributed by atoms with E-state index in [-0.39, 0.29) is 29.1 Å². The molecule has 3 aromatic carbocycles. The Labute approximate surface area is 215 Å². The molecule has 0 unspecified atom stereocenters. The fourth-order valence-corrected chi connectivity index (χ4v) is 5.31. The van der Waals surface area contributed by atoms with Crippen LogP contribution in [0.1, 0.15) is 30.6 Å². The van der Waals surface area contributed by atoms with Crippen LogP contribution in [0.4, 0.5) is 11.4 Å². The molecule has 0 spiro atoms. The minimum absolute atomic E-state index is 0.0360. The molecule has 2 N–H and O–H groups in total. The first-order valence-electron chi connectivity index (χ1n) is 11.5. The van der Waals surface area contributed by atoms with Crippen LogP contribution in [0.15, 0.2) is 77.7 Å². The van der Waals surface area contributed by atoms with Gasteiger partial charge in [0.25, 0.3) is 21.8 Å². The molecule has 0 saturated carbocycles. The zero-order chi connectivity index (χ0) is 25.9. The van der Waals surface area contributed by atoms with E-state index in [1.165, 1.54) is 24.3 Å². The SMILES string of the molecule is CC[C@@H](C)NC(=O)c1ccccc1NC(=O)[C@H]1CN(S(=O)(=O)c2ccc(Cl)cc2)c2ccccc2O1. The average molecular weight is 528 g/mol. The maximum Gasteiger partial charge on any atom is 0.267 e. The zero-order valence-electron chi connectivity index (χ0n) is 19.8. The molecule has 2 atom stereocenters. The summed E-state index contributed by atoms with van der Waals surface area (Å²) in [5, 5.41) is 6.03. The van der Waals surface area contributed by atoms with Crippen LogP contribution in [-0.4, -0.2) is 38.9 Å². The number of hydrogen-bond acceptors (Lipinski definition) is 5. The number of nitrogens with one attached hydrogen (secondary N) is 2. The Balaban J connectivity index is 1.62. The normalized spacial score (nSPS) is 15.9. The molecule has 3 aromatic rings. The molecular weight excluding hydrogens is 502 g/mol. The molecule has 0 aliphatic carbocycles. The van der Waals surface area contributed by atoms with Crippen molar-refractivity contribution in [2.75, 3.05) is 16.2 Å². The van der Waals surface area contributed by atoms with Gasteiger partial charge in [-0.15, -0.1) is 0 Å². The predicted molar refractivity (Wildman–Crippen MR) is 139 cm³/mol. The summed E-state index contributed by atoms with van der Waals surface area (Å²) in [7, 11) is -4.02. The summed E-state index contributed by atoms with van der Waals surface area (Å²) in [6.07, 6.45) is -0.402. The largest absolute Gasteiger partial charge is 0.476 e. The Morgan fingerprint density at radius 2 is 1.72 bits per heavy atom. The number of rotatable bonds is 7. The molecule has 0 radical (unpaired) electrons. The Kier molecular flexibility index (Phi) is 7.51. The summed E-state index contributed by atoms with van der Waals surface area (Å²) in [5.41, 5.74) is 0.927. The number of carbonyl (C=O) groups is 2. The van der Waals surface area contributed by atoms with Crippen LogP contribution in [-0.2, 0) is 14.8 Å². The second kappa shape index (κ2) is 10.6. The topological polar surface area (TPSA) is 105 Å². The van der Waals surface area contributed by atoms with Crippen molar-refractivity contribution >= 4 is 44.8 Å². The van der Waals surface area contributed by atoms with Crippen LogP contribution in [0.5, 0.6) is 5.75 Å². The minimum Gasteiger partial charge on any atom is -0.476 e. The molecule has 1 aliphatic rings. The molecule has 10 heteroatoms. The molecule has 8 nitrogen and oxygen atoms in total. The fraction of sp³-hybridized carbons (Fsp3) is 0.231. The number of anilines is 2. The van der Waals surface area contributed by atoms with Crippen LogP contribution in [0.3, 0.4) is 0 Å². The van der Waals surface area contributed by atoms with E-state index < -0.39 is 22.0 Å². The van der Waals surface area contributed by atoms with Crippen LogP contribution in [0, 0.1) is 0 Å². The highest BCUT2D eigenvalue weighted by Gasteiger charge is 2.37. The van der Waals surface area contributed by atoms with Crippen molar-refractivity contribution in [1.29, 1.82) is 0 Å². The Morgan fingerprint density at radius 1 is 1.06 bits per heavy atom. The lowest BCUT2D eigenvalue weighted by Crippen LogP contribution is -2.49. The van der Waals surface area contributed by atoms with Gasteiger partial charge in [-0.25, -0.2) is 8.42 Å². The van der Waals surface area contributed by atoms with Crippen LogP contribution < -0.4 is 19.7 Å². The Bertz CT molecular complexity index is 1380. The van der Waals surface area contributed by atoms with Crippen molar-refractivity contribution in [2.45, 2.75) is 37.3 Å². The average Bonchev–Trinajstić information content (AvgIpc) is 2.88. The van der Waals surface area contributed by atoms with Gasteiger partial charge in [0.2, 0.25) is 0 Å². The lowest BCUT2D eigenvalue weighted by Gasteiger charge is -2.34. The number of nitrogens with zero attached hydrogens (tertiary/aromatic N) is 1. The molecule has 2 amide bonds. The lowest BCUT2D eigenvalue weighted by molar-refractivity contribution is -0.122. The van der Waals surface area contributed by atoms with Crippen molar-refractivity contribution in [1.82, 2.24) is 5.32 Å². The Morgan fingerprint density at radius 3 is 2.44 bits per heavy atom. The maximum atomic E-state index is 13.5. The number of sulfonamides is 1. The van der Waals surface area contributed by atoms with E-state index in [9.17, 15) is 18.0 Å². The van der Waals surface area contributed by atoms with Gasteiger partial charge in [0, 0.05) is 11.1 Å². The first kappa shape index (κ1) is 25.5. The molecule has 0 aromatic heterocycles. The quantitative estimate of drug-likeness (QED) is 0.472. The third kappa shape index (κ3) is 5.32. The summed E-state index contributed by atoms with van der Waals surface area (Å²) in [4.78, 5) is 26.0. The van der Waals surface area contributed by atoms with E-state index in [0.29, 0.717) is 22.0 Å². The van der Waals surface area contributed by atoms with Gasteiger partial charge in [0.1, 0.15) is 5.75 Å². The van der Waals surface area contributed by atoms with Gasteiger partial charge in [-0.05, 0) is 61.9 Å². The number of benzene rings is 3. The minimum atomic E-state index is -4.02. The number of ether oxygens (including phenoxy) is 1. The summed E-state index contributed by atoms with van der Waals surface area (Å²) < 4.78 is 34.1. The zero-order valence-corrected chi connectivity index (χ0v) is 21.3. The highest BCUT2D eigenvalue weighted by molar-refractivity contribution is 7.92. The first-order valence-corrected chi connectivity index (χ1v) is 13.3. The van der Waals surface area contributed by atoms with Gasteiger partial charge in [0.15, 0.2) is 6.10 Å². The van der Waals surface area contributed by atoms with Crippen molar-refractivity contribution in [3.63, 3.8) is 0 Å². The number of carbonyl (C=O) groups excluding carboxylic acids is 2. The van der Waals surface area contributed by atoms with Gasteiger partial charge >= 0.3 is 0 Å². The van der Waals surface area contributed by atoms with Gasteiger partial charge in [-0.3, -0.25) is 13.9 Å². The fourth-order valence-electron chi connectivity index (χ4n) is 3.71. The summed E-state index contributed by atoms with van der Waals surface area (Å²) >= 11 is 5.93. The van der Waals surface area contributed by atoms with E-state index in [4.69, 9.17) is 16.3 Å². The first-order chi connectivity index (χ1) is 17.2. The van der Waals surface area contributed by atoms with Crippen LogP contribution >= 0.6 is 11.6 Å². The third-order valence-corrected chi connectivity index (χ3v) is 7.89. The molecule has 0 bridgehead atoms. The maximum absolute atomic E-state index is 13.5. The summed E-state index contributed by atoms with van der Waals surface area (Å²) in [6.45, 7) is 3.60. The Hall–Kier alpha value is -3.56. The summed E-state index contributed by atoms with van der Waals surface area (Å²) in [5.74, 6) is -0.643. The summed E-state index contributed by atoms with van der Waals surface area (Å²) in [6, 6.07) is 19.0. The number of amides is 2. The van der Waals surface area contributed by atoms with E-state index in [0.717, 1.165) is 10.7 Å². The standard InChI is InChI=1S/C26H26ClN3O5S/c1-3-17(2)28-25(31)20-8-4-5-9-21(20)29-26(32)24-16-30(22-10-6-7-11-23(22)35-24)36(33,34)19-14-12-18(27)13-15-19/h4-15,17,24H,3,16H2,1-2H3,(H,28,31)(H,29,32)/t17-,24-/m1/s1. The lowest BCUT2D eigenvalue weighted by atomic mass is 10.1. The van der Waals surface area contributed by atoms with Gasteiger partial charge < -0.3 is 15.4 Å². The number of halogens is 1. The van der Waals surface area contributed by atoms with Gasteiger partial charge in [-0.2, -0.15) is 0 Å². The van der Waals surface area contributed by atoms with E-state index in [1.54, 1.807) is 48.5 Å². The van der Waals surface area contributed by atoms with Crippen molar-refractivity contribution in [3.05, 3.63) is 83.4 Å². The number of para-hydroxylation sites is 3. The monoisotopic (exact) mass is 527 g/mol. The third-order valence-electron chi connectivity index (χ3n) is 5.85. The predicted octanol–water partition coefficient (Wildman–Crippen LogP) is 4.46. The van der Waals surface area contributed by atoms with Crippen LogP contribution in [0.25, 0.3) is 0 Å². The van der Waals surface area contributed by atoms with E-state index >= 15 is 0 Å². The molecule has 36 heavy (non-hydrogen) atoms. The van der Waals surface area contributed by atoms with Gasteiger partial charge in [0.05, 0.1) is 28.4 Å². The molecule has 0 fully saturated rings. The molecular formula is C26H26ClN3O5S.